The van der Waals surface area contributed by atoms with Crippen LogP contribution in [0.15, 0.2) is 36.6 Å². The van der Waals surface area contributed by atoms with E-state index < -0.39 is 4.87 Å². The van der Waals surface area contributed by atoms with Crippen molar-refractivity contribution >= 4 is 17.4 Å². The SMILES string of the molecule is C=C(OCCc1ccccc1C(C)(C)Cl)C(C)=O. The highest BCUT2D eigenvalue weighted by molar-refractivity contribution is 6.23. The van der Waals surface area contributed by atoms with E-state index in [1.807, 2.05) is 38.1 Å². The molecule has 0 radical (unpaired) electrons. The summed E-state index contributed by atoms with van der Waals surface area (Å²) in [5.41, 5.74) is 2.22. The second-order valence-corrected chi connectivity index (χ2v) is 5.65. The molecule has 0 N–H and O–H groups in total. The molecule has 2 nitrogen and oxygen atoms in total. The van der Waals surface area contributed by atoms with Crippen molar-refractivity contribution in [3.05, 3.63) is 47.7 Å². The predicted octanol–water partition coefficient (Wildman–Crippen LogP) is 3.82. The minimum absolute atomic E-state index is 0.138. The maximum absolute atomic E-state index is 11.0. The second-order valence-electron chi connectivity index (χ2n) is 4.71. The molecule has 0 aliphatic carbocycles. The molecule has 18 heavy (non-hydrogen) atoms. The van der Waals surface area contributed by atoms with Crippen molar-refractivity contribution in [1.82, 2.24) is 0 Å². The number of carbonyl (C=O) groups is 1. The fraction of sp³-hybridized carbons (Fsp3) is 0.400. The van der Waals surface area contributed by atoms with E-state index in [9.17, 15) is 4.79 Å². The van der Waals surface area contributed by atoms with E-state index in [4.69, 9.17) is 16.3 Å². The molecule has 0 saturated carbocycles. The minimum Gasteiger partial charge on any atom is -0.490 e. The Labute approximate surface area is 114 Å². The number of alkyl halides is 1. The van der Waals surface area contributed by atoms with E-state index in [0.717, 1.165) is 11.1 Å². The summed E-state index contributed by atoms with van der Waals surface area (Å²) >= 11 is 6.34. The van der Waals surface area contributed by atoms with E-state index in [0.29, 0.717) is 13.0 Å². The zero-order chi connectivity index (χ0) is 13.8. The lowest BCUT2D eigenvalue weighted by Crippen LogP contribution is -2.12. The van der Waals surface area contributed by atoms with Gasteiger partial charge in [-0.15, -0.1) is 11.6 Å². The van der Waals surface area contributed by atoms with Crippen LogP contribution in [0.4, 0.5) is 0 Å². The average Bonchev–Trinajstić information content (AvgIpc) is 2.28. The smallest absolute Gasteiger partial charge is 0.193 e. The fourth-order valence-electron chi connectivity index (χ4n) is 1.70. The molecule has 0 heterocycles. The molecule has 1 aromatic rings. The summed E-state index contributed by atoms with van der Waals surface area (Å²) in [6.45, 7) is 9.36. The molecule has 0 bridgehead atoms. The third-order valence-corrected chi connectivity index (χ3v) is 2.90. The summed E-state index contributed by atoms with van der Waals surface area (Å²) in [6, 6.07) is 7.99. The molecule has 0 saturated heterocycles. The molecule has 0 fully saturated rings. The first-order valence-corrected chi connectivity index (χ1v) is 6.30. The van der Waals surface area contributed by atoms with Crippen molar-refractivity contribution in [2.45, 2.75) is 32.1 Å². The number of allylic oxidation sites excluding steroid dienone is 1. The van der Waals surface area contributed by atoms with Crippen LogP contribution < -0.4 is 0 Å². The number of ether oxygens (including phenoxy) is 1. The van der Waals surface area contributed by atoms with Crippen molar-refractivity contribution in [2.75, 3.05) is 6.61 Å². The number of carbonyl (C=O) groups excluding carboxylic acids is 1. The van der Waals surface area contributed by atoms with Gasteiger partial charge in [0.25, 0.3) is 0 Å². The van der Waals surface area contributed by atoms with E-state index in [1.54, 1.807) is 0 Å². The van der Waals surface area contributed by atoms with Crippen LogP contribution in [0.3, 0.4) is 0 Å². The Morgan fingerprint density at radius 2 is 2.00 bits per heavy atom. The standard InChI is InChI=1S/C15H19ClO2/c1-11(17)12(2)18-10-9-13-7-5-6-8-14(13)15(3,4)16/h5-8H,2,9-10H2,1,3-4H3. The quantitative estimate of drug-likeness (QED) is 0.444. The van der Waals surface area contributed by atoms with Gasteiger partial charge in [-0.3, -0.25) is 4.79 Å². The van der Waals surface area contributed by atoms with E-state index in [2.05, 4.69) is 6.58 Å². The maximum Gasteiger partial charge on any atom is 0.193 e. The molecule has 0 aliphatic heterocycles. The first kappa shape index (κ1) is 14.8. The molecule has 0 amide bonds. The normalized spacial score (nSPS) is 11.1. The average molecular weight is 267 g/mol. The first-order valence-electron chi connectivity index (χ1n) is 5.92. The van der Waals surface area contributed by atoms with Crippen LogP contribution in [0, 0.1) is 0 Å². The number of ketones is 1. The highest BCUT2D eigenvalue weighted by Gasteiger charge is 2.19. The van der Waals surface area contributed by atoms with Crippen LogP contribution in [0.1, 0.15) is 31.9 Å². The van der Waals surface area contributed by atoms with E-state index in [1.165, 1.54) is 6.92 Å². The van der Waals surface area contributed by atoms with Gasteiger partial charge in [0.2, 0.25) is 0 Å². The van der Waals surface area contributed by atoms with Crippen LogP contribution in [0.5, 0.6) is 0 Å². The third-order valence-electron chi connectivity index (χ3n) is 2.70. The molecule has 98 valence electrons. The molecular formula is C15H19ClO2. The van der Waals surface area contributed by atoms with Gasteiger partial charge >= 0.3 is 0 Å². The third kappa shape index (κ3) is 4.19. The largest absolute Gasteiger partial charge is 0.490 e. The van der Waals surface area contributed by atoms with Crippen molar-refractivity contribution in [3.63, 3.8) is 0 Å². The number of rotatable bonds is 6. The van der Waals surface area contributed by atoms with Crippen LogP contribution in [-0.2, 0) is 20.8 Å². The Kier molecular flexibility index (Phi) is 4.97. The molecule has 1 rings (SSSR count). The minimum atomic E-state index is -0.409. The molecule has 0 unspecified atom stereocenters. The first-order chi connectivity index (χ1) is 8.32. The van der Waals surface area contributed by atoms with Gasteiger partial charge in [-0.25, -0.2) is 0 Å². The zero-order valence-corrected chi connectivity index (χ0v) is 11.9. The highest BCUT2D eigenvalue weighted by atomic mass is 35.5. The molecule has 3 heteroatoms. The molecule has 0 spiro atoms. The summed E-state index contributed by atoms with van der Waals surface area (Å²) in [6.07, 6.45) is 0.707. The second kappa shape index (κ2) is 6.05. The Bertz CT molecular complexity index is 444. The highest BCUT2D eigenvalue weighted by Crippen LogP contribution is 2.30. The molecule has 0 aromatic heterocycles. The number of hydrogen-bond acceptors (Lipinski definition) is 2. The van der Waals surface area contributed by atoms with Crippen molar-refractivity contribution in [2.24, 2.45) is 0 Å². The van der Waals surface area contributed by atoms with Crippen molar-refractivity contribution < 1.29 is 9.53 Å². The Balaban J connectivity index is 2.68. The lowest BCUT2D eigenvalue weighted by atomic mass is 9.95. The fourth-order valence-corrected chi connectivity index (χ4v) is 1.89. The maximum atomic E-state index is 11.0. The number of benzene rings is 1. The zero-order valence-electron chi connectivity index (χ0n) is 11.1. The summed E-state index contributed by atoms with van der Waals surface area (Å²) in [7, 11) is 0. The number of halogens is 1. The summed E-state index contributed by atoms with van der Waals surface area (Å²) in [5.74, 6) is 0.0681. The van der Waals surface area contributed by atoms with Gasteiger partial charge in [-0.05, 0) is 25.0 Å². The van der Waals surface area contributed by atoms with Crippen LogP contribution in [0.2, 0.25) is 0 Å². The summed E-state index contributed by atoms with van der Waals surface area (Å²) in [5, 5.41) is 0. The van der Waals surface area contributed by atoms with Crippen molar-refractivity contribution in [1.29, 1.82) is 0 Å². The monoisotopic (exact) mass is 266 g/mol. The van der Waals surface area contributed by atoms with Gasteiger partial charge in [0.1, 0.15) is 0 Å². The molecule has 0 aliphatic rings. The van der Waals surface area contributed by atoms with Gasteiger partial charge < -0.3 is 4.74 Å². The van der Waals surface area contributed by atoms with Gasteiger partial charge in [0.15, 0.2) is 11.5 Å². The van der Waals surface area contributed by atoms with Crippen molar-refractivity contribution in [3.8, 4) is 0 Å². The molecule has 1 aromatic carbocycles. The van der Waals surface area contributed by atoms with Crippen LogP contribution >= 0.6 is 11.6 Å². The van der Waals surface area contributed by atoms with E-state index >= 15 is 0 Å². The van der Waals surface area contributed by atoms with Gasteiger partial charge in [0.05, 0.1) is 11.5 Å². The number of hydrogen-bond donors (Lipinski definition) is 0. The van der Waals surface area contributed by atoms with Gasteiger partial charge in [0, 0.05) is 13.3 Å². The van der Waals surface area contributed by atoms with Crippen LogP contribution in [-0.4, -0.2) is 12.4 Å². The lowest BCUT2D eigenvalue weighted by Gasteiger charge is -2.20. The number of Topliss-reactive ketones (excluding diaryl/α,β-unsaturated/α-hetero) is 1. The van der Waals surface area contributed by atoms with Gasteiger partial charge in [-0.2, -0.15) is 0 Å². The van der Waals surface area contributed by atoms with Crippen LogP contribution in [0.25, 0.3) is 0 Å². The van der Waals surface area contributed by atoms with Gasteiger partial charge in [-0.1, -0.05) is 30.8 Å². The summed E-state index contributed by atoms with van der Waals surface area (Å²) < 4.78 is 5.29. The predicted molar refractivity (Wildman–Crippen MR) is 74.8 cm³/mol. The topological polar surface area (TPSA) is 26.3 Å². The Hall–Kier alpha value is -1.28. The van der Waals surface area contributed by atoms with E-state index in [-0.39, 0.29) is 11.5 Å². The lowest BCUT2D eigenvalue weighted by molar-refractivity contribution is -0.116. The molecular weight excluding hydrogens is 248 g/mol. The summed E-state index contributed by atoms with van der Waals surface area (Å²) in [4.78, 5) is 10.6. The molecule has 0 atom stereocenters. The Morgan fingerprint density at radius 1 is 1.39 bits per heavy atom. The Morgan fingerprint density at radius 3 is 2.56 bits per heavy atom.